The van der Waals surface area contributed by atoms with Crippen molar-refractivity contribution in [1.82, 2.24) is 5.32 Å². The number of carbonyl (C=O) groups excluding carboxylic acids is 4. The molecule has 0 aromatic rings. The second kappa shape index (κ2) is 12.1. The van der Waals surface area contributed by atoms with Gasteiger partial charge in [0.2, 0.25) is 11.7 Å². The minimum absolute atomic E-state index is 0.0117. The Morgan fingerprint density at radius 3 is 2.53 bits per heavy atom. The van der Waals surface area contributed by atoms with Gasteiger partial charge in [0, 0.05) is 16.7 Å². The Bertz CT molecular complexity index is 1380. The van der Waals surface area contributed by atoms with Crippen molar-refractivity contribution in [1.29, 1.82) is 0 Å². The number of nitrogens with one attached hydrogen (secondary N) is 1. The number of ether oxygens (including phenoxy) is 3. The molecule has 0 radical (unpaired) electrons. The number of alkyl halides is 2. The third kappa shape index (κ3) is 5.32. The van der Waals surface area contributed by atoms with Crippen LogP contribution in [0.2, 0.25) is 0 Å². The maximum Gasteiger partial charge on any atom is 0.331 e. The van der Waals surface area contributed by atoms with Gasteiger partial charge < -0.3 is 30.4 Å². The second-order valence-electron chi connectivity index (χ2n) is 15.6. The van der Waals surface area contributed by atoms with Crippen LogP contribution in [0.1, 0.15) is 87.0 Å². The standard InChI is InChI=1S/C35H50F2N2O8/c1-8-9-28-46-27-15-20-21-14-23(36)22-13-19(40)10-11-32(22,6)34(21,37)25(41)16-33(20,7)35(27,47-28)26(42)17-45-30(44)31(4,5)39-29(43)24(38)12-18(2)3/h10-11,13,18,20-21,23-25,27-28,41H,8-9,12,14-17,38H2,1-7H3,(H,39,43)/t20-,21-,23-,24-,25-,27+,28?,32-,33-,34-,35+/m0/s1. The van der Waals surface area contributed by atoms with E-state index in [-0.39, 0.29) is 30.8 Å². The number of hydrogen-bond donors (Lipinski definition) is 3. The summed E-state index contributed by atoms with van der Waals surface area (Å²) in [6.07, 6.45) is 0.0693. The maximum atomic E-state index is 17.7. The summed E-state index contributed by atoms with van der Waals surface area (Å²) in [7, 11) is 0. The second-order valence-corrected chi connectivity index (χ2v) is 15.6. The zero-order chi connectivity index (χ0) is 34.9. The summed E-state index contributed by atoms with van der Waals surface area (Å²) in [4.78, 5) is 52.4. The number of hydrogen-bond acceptors (Lipinski definition) is 9. The van der Waals surface area contributed by atoms with Gasteiger partial charge in [0.1, 0.15) is 11.7 Å². The summed E-state index contributed by atoms with van der Waals surface area (Å²) < 4.78 is 51.8. The third-order valence-corrected chi connectivity index (χ3v) is 11.7. The smallest absolute Gasteiger partial charge is 0.331 e. The Labute approximate surface area is 275 Å². The molecule has 1 saturated heterocycles. The Kier molecular flexibility index (Phi) is 9.21. The number of amides is 1. The van der Waals surface area contributed by atoms with Crippen LogP contribution in [0.25, 0.3) is 0 Å². The largest absolute Gasteiger partial charge is 0.456 e. The molecule has 4 N–H and O–H groups in total. The van der Waals surface area contributed by atoms with Crippen molar-refractivity contribution in [2.45, 2.75) is 135 Å². The maximum absolute atomic E-state index is 17.7. The number of nitrogens with two attached hydrogens (primary N) is 1. The van der Waals surface area contributed by atoms with Crippen LogP contribution in [0.15, 0.2) is 23.8 Å². The van der Waals surface area contributed by atoms with Gasteiger partial charge in [-0.2, -0.15) is 0 Å². The molecule has 5 rings (SSSR count). The molecule has 3 saturated carbocycles. The molecule has 5 aliphatic rings. The number of allylic oxidation sites excluding steroid dienone is 4. The van der Waals surface area contributed by atoms with Gasteiger partial charge in [0.25, 0.3) is 0 Å². The molecule has 11 atom stereocenters. The third-order valence-electron chi connectivity index (χ3n) is 11.7. The van der Waals surface area contributed by atoms with Crippen LogP contribution in [0, 0.1) is 28.6 Å². The molecular weight excluding hydrogens is 614 g/mol. The van der Waals surface area contributed by atoms with Crippen molar-refractivity contribution in [3.8, 4) is 0 Å². The van der Waals surface area contributed by atoms with Crippen molar-refractivity contribution < 1.29 is 47.3 Å². The first kappa shape index (κ1) is 35.8. The van der Waals surface area contributed by atoms with Crippen molar-refractivity contribution in [3.05, 3.63) is 23.8 Å². The first-order chi connectivity index (χ1) is 21.8. The highest BCUT2D eigenvalue weighted by molar-refractivity contribution is 6.01. The van der Waals surface area contributed by atoms with E-state index in [1.165, 1.54) is 32.9 Å². The topological polar surface area (TPSA) is 154 Å². The summed E-state index contributed by atoms with van der Waals surface area (Å²) in [6, 6.07) is -0.833. The van der Waals surface area contributed by atoms with Gasteiger partial charge in [-0.15, -0.1) is 0 Å². The molecule has 12 heteroatoms. The van der Waals surface area contributed by atoms with Crippen LogP contribution in [0.4, 0.5) is 8.78 Å². The Hall–Kier alpha value is -2.54. The molecule has 4 fully saturated rings. The molecular formula is C35H50F2N2O8. The van der Waals surface area contributed by atoms with E-state index in [0.717, 1.165) is 6.08 Å². The zero-order valence-electron chi connectivity index (χ0n) is 28.4. The number of halogens is 2. The number of Topliss-reactive ketones (excluding diaryl/α,β-unsaturated/α-hetero) is 1. The molecule has 0 aromatic carbocycles. The minimum atomic E-state index is -2.33. The molecule has 0 spiro atoms. The van der Waals surface area contributed by atoms with Gasteiger partial charge in [-0.1, -0.05) is 40.2 Å². The number of carbonyl (C=O) groups is 4. The first-order valence-electron chi connectivity index (χ1n) is 16.9. The molecule has 0 bridgehead atoms. The van der Waals surface area contributed by atoms with E-state index >= 15 is 8.78 Å². The van der Waals surface area contributed by atoms with Crippen LogP contribution < -0.4 is 11.1 Å². The predicted molar refractivity (Wildman–Crippen MR) is 167 cm³/mol. The molecule has 1 aliphatic heterocycles. The average Bonchev–Trinajstić information content (AvgIpc) is 3.46. The highest BCUT2D eigenvalue weighted by atomic mass is 19.1. The van der Waals surface area contributed by atoms with Crippen LogP contribution in [0.5, 0.6) is 0 Å². The fourth-order valence-corrected chi connectivity index (χ4v) is 9.37. The Balaban J connectivity index is 1.43. The lowest BCUT2D eigenvalue weighted by molar-refractivity contribution is -0.235. The van der Waals surface area contributed by atoms with E-state index in [9.17, 15) is 24.3 Å². The van der Waals surface area contributed by atoms with E-state index in [4.69, 9.17) is 19.9 Å². The number of aliphatic hydroxyl groups excluding tert-OH is 1. The molecule has 4 aliphatic carbocycles. The van der Waals surface area contributed by atoms with Gasteiger partial charge in [-0.05, 0) is 82.4 Å². The van der Waals surface area contributed by atoms with Gasteiger partial charge in [-0.25, -0.2) is 13.6 Å². The van der Waals surface area contributed by atoms with Gasteiger partial charge in [0.15, 0.2) is 29.9 Å². The van der Waals surface area contributed by atoms with Gasteiger partial charge in [0.05, 0.1) is 18.2 Å². The zero-order valence-corrected chi connectivity index (χ0v) is 28.4. The SMILES string of the molecule is CCCC1O[C@@H]2C[C@H]3[C@@H]4C[C@H](F)C5=CC(=O)C=C[C@]5(C)[C@@]4(F)[C@@H](O)C[C@]3(C)[C@]2(C(=O)COC(=O)C(C)(C)NC(=O)[C@@H](N)CC(C)C)O1. The molecule has 1 amide bonds. The first-order valence-corrected chi connectivity index (χ1v) is 16.9. The molecule has 262 valence electrons. The normalized spacial score (nSPS) is 41.4. The van der Waals surface area contributed by atoms with Crippen molar-refractivity contribution in [2.24, 2.45) is 34.3 Å². The monoisotopic (exact) mass is 664 g/mol. The highest BCUT2D eigenvalue weighted by Crippen LogP contribution is 2.72. The average molecular weight is 665 g/mol. The number of fused-ring (bicyclic) bond motifs is 7. The van der Waals surface area contributed by atoms with Crippen LogP contribution in [-0.4, -0.2) is 82.7 Å². The van der Waals surface area contributed by atoms with Crippen molar-refractivity contribution >= 4 is 23.4 Å². The summed E-state index contributed by atoms with van der Waals surface area (Å²) in [5, 5.41) is 14.3. The minimum Gasteiger partial charge on any atom is -0.456 e. The lowest BCUT2D eigenvalue weighted by atomic mass is 9.44. The lowest BCUT2D eigenvalue weighted by Gasteiger charge is -2.63. The number of ketones is 2. The fourth-order valence-electron chi connectivity index (χ4n) is 9.37. The predicted octanol–water partition coefficient (Wildman–Crippen LogP) is 3.58. The van der Waals surface area contributed by atoms with Crippen LogP contribution in [0.3, 0.4) is 0 Å². The van der Waals surface area contributed by atoms with Crippen LogP contribution in [-0.2, 0) is 33.4 Å². The molecule has 10 nitrogen and oxygen atoms in total. The molecule has 47 heavy (non-hydrogen) atoms. The van der Waals surface area contributed by atoms with E-state index in [0.29, 0.717) is 19.3 Å². The summed E-state index contributed by atoms with van der Waals surface area (Å²) in [5.41, 5.74) is -2.35. The number of rotatable bonds is 10. The van der Waals surface area contributed by atoms with E-state index in [1.807, 2.05) is 20.8 Å². The Morgan fingerprint density at radius 1 is 1.21 bits per heavy atom. The Morgan fingerprint density at radius 2 is 1.89 bits per heavy atom. The molecule has 0 aromatic heterocycles. The number of esters is 1. The quantitative estimate of drug-likeness (QED) is 0.298. The highest BCUT2D eigenvalue weighted by Gasteiger charge is 2.80. The summed E-state index contributed by atoms with van der Waals surface area (Å²) >= 11 is 0. The lowest BCUT2D eigenvalue weighted by Crippen LogP contribution is -2.71. The summed E-state index contributed by atoms with van der Waals surface area (Å²) in [5.74, 6) is -3.96. The van der Waals surface area contributed by atoms with E-state index < -0.39 is 100 Å². The number of aliphatic hydroxyl groups is 1. The van der Waals surface area contributed by atoms with E-state index in [2.05, 4.69) is 5.32 Å². The van der Waals surface area contributed by atoms with Crippen LogP contribution >= 0.6 is 0 Å². The summed E-state index contributed by atoms with van der Waals surface area (Å²) in [6.45, 7) is 11.2. The van der Waals surface area contributed by atoms with E-state index in [1.54, 1.807) is 6.92 Å². The molecule has 1 heterocycles. The molecule has 1 unspecified atom stereocenters. The van der Waals surface area contributed by atoms with Crippen molar-refractivity contribution in [3.63, 3.8) is 0 Å². The fraction of sp³-hybridized carbons (Fsp3) is 0.771. The van der Waals surface area contributed by atoms with Crippen molar-refractivity contribution in [2.75, 3.05) is 6.61 Å². The van der Waals surface area contributed by atoms with Gasteiger partial charge in [-0.3, -0.25) is 14.4 Å². The van der Waals surface area contributed by atoms with Gasteiger partial charge >= 0.3 is 5.97 Å².